The van der Waals surface area contributed by atoms with Gasteiger partial charge in [0.05, 0.1) is 0 Å². The van der Waals surface area contributed by atoms with Crippen molar-refractivity contribution in [1.29, 1.82) is 0 Å². The predicted octanol–water partition coefficient (Wildman–Crippen LogP) is 0.162. The second kappa shape index (κ2) is 8.04. The maximum atomic E-state index is 11.5. The van der Waals surface area contributed by atoms with Crippen LogP contribution >= 0.6 is 0 Å². The lowest BCUT2D eigenvalue weighted by Crippen LogP contribution is -2.41. The van der Waals surface area contributed by atoms with Gasteiger partial charge in [0.1, 0.15) is 0 Å². The summed E-state index contributed by atoms with van der Waals surface area (Å²) >= 11 is 0. The van der Waals surface area contributed by atoms with Crippen LogP contribution in [0.15, 0.2) is 0 Å². The van der Waals surface area contributed by atoms with Crippen LogP contribution in [0.1, 0.15) is 26.7 Å². The molecule has 0 aliphatic carbocycles. The smallest absolute Gasteiger partial charge is 0.279 e. The van der Waals surface area contributed by atoms with Crippen molar-refractivity contribution in [1.82, 2.24) is 14.3 Å². The highest BCUT2D eigenvalue weighted by Crippen LogP contribution is 1.94. The van der Waals surface area contributed by atoms with E-state index in [-0.39, 0.29) is 0 Å². The van der Waals surface area contributed by atoms with E-state index in [2.05, 4.69) is 17.0 Å². The van der Waals surface area contributed by atoms with Crippen molar-refractivity contribution in [3.05, 3.63) is 0 Å². The van der Waals surface area contributed by atoms with Gasteiger partial charge in [0.2, 0.25) is 0 Å². The number of nitrogens with one attached hydrogen (secondary N) is 2. The van der Waals surface area contributed by atoms with Gasteiger partial charge >= 0.3 is 0 Å². The Bertz CT molecular complexity index is 242. The molecule has 15 heavy (non-hydrogen) atoms. The summed E-state index contributed by atoms with van der Waals surface area (Å²) in [6.07, 6.45) is 1.88. The van der Waals surface area contributed by atoms with E-state index < -0.39 is 10.2 Å². The standard InChI is InChI=1S/C9H23N3O2S/c1-4-6-10-7-8-11-15(13,14)12(3)9-5-2/h10-11H,4-9H2,1-3H3. The summed E-state index contributed by atoms with van der Waals surface area (Å²) < 4.78 is 27.0. The third-order valence-corrected chi connectivity index (χ3v) is 3.53. The predicted molar refractivity (Wildman–Crippen MR) is 63.0 cm³/mol. The van der Waals surface area contributed by atoms with Crippen molar-refractivity contribution in [2.24, 2.45) is 0 Å². The van der Waals surface area contributed by atoms with Crippen LogP contribution in [-0.4, -0.2) is 45.9 Å². The number of hydrogen-bond acceptors (Lipinski definition) is 3. The zero-order chi connectivity index (χ0) is 11.7. The molecule has 0 aromatic rings. The van der Waals surface area contributed by atoms with Crippen LogP contribution in [0, 0.1) is 0 Å². The van der Waals surface area contributed by atoms with Crippen molar-refractivity contribution in [3.63, 3.8) is 0 Å². The first-order valence-electron chi connectivity index (χ1n) is 5.46. The van der Waals surface area contributed by atoms with Gasteiger partial charge in [-0.15, -0.1) is 0 Å². The molecule has 0 aliphatic heterocycles. The van der Waals surface area contributed by atoms with Gasteiger partial charge in [-0.05, 0) is 19.4 Å². The lowest BCUT2D eigenvalue weighted by atomic mass is 10.5. The van der Waals surface area contributed by atoms with Crippen molar-refractivity contribution < 1.29 is 8.42 Å². The van der Waals surface area contributed by atoms with Crippen molar-refractivity contribution >= 4 is 10.2 Å². The van der Waals surface area contributed by atoms with Crippen molar-refractivity contribution in [2.45, 2.75) is 26.7 Å². The van der Waals surface area contributed by atoms with Crippen LogP contribution in [-0.2, 0) is 10.2 Å². The van der Waals surface area contributed by atoms with E-state index in [1.54, 1.807) is 7.05 Å². The maximum Gasteiger partial charge on any atom is 0.279 e. The summed E-state index contributed by atoms with van der Waals surface area (Å²) in [5, 5.41) is 3.13. The summed E-state index contributed by atoms with van der Waals surface area (Å²) in [6.45, 7) is 6.62. The van der Waals surface area contributed by atoms with Gasteiger partial charge in [0.15, 0.2) is 0 Å². The topological polar surface area (TPSA) is 61.4 Å². The largest absolute Gasteiger partial charge is 0.315 e. The fourth-order valence-electron chi connectivity index (χ4n) is 1.12. The van der Waals surface area contributed by atoms with Crippen LogP contribution in [0.4, 0.5) is 0 Å². The highest BCUT2D eigenvalue weighted by atomic mass is 32.2. The van der Waals surface area contributed by atoms with Gasteiger partial charge in [0, 0.05) is 26.7 Å². The van der Waals surface area contributed by atoms with E-state index >= 15 is 0 Å². The van der Waals surface area contributed by atoms with Gasteiger partial charge < -0.3 is 5.32 Å². The Morgan fingerprint density at radius 3 is 2.27 bits per heavy atom. The highest BCUT2D eigenvalue weighted by Gasteiger charge is 2.14. The Morgan fingerprint density at radius 1 is 1.07 bits per heavy atom. The quantitative estimate of drug-likeness (QED) is 0.562. The second-order valence-corrected chi connectivity index (χ2v) is 5.33. The molecule has 0 atom stereocenters. The monoisotopic (exact) mass is 237 g/mol. The average Bonchev–Trinajstić information content (AvgIpc) is 2.18. The van der Waals surface area contributed by atoms with Gasteiger partial charge in [-0.2, -0.15) is 12.7 Å². The molecule has 0 fully saturated rings. The summed E-state index contributed by atoms with van der Waals surface area (Å²) in [5.41, 5.74) is 0. The molecule has 0 aromatic carbocycles. The SMILES string of the molecule is CCCNCCNS(=O)(=O)N(C)CCC. The van der Waals surface area contributed by atoms with Crippen LogP contribution in [0.25, 0.3) is 0 Å². The number of rotatable bonds is 9. The molecule has 2 N–H and O–H groups in total. The molecule has 0 bridgehead atoms. The molecule has 0 saturated heterocycles. The Balaban J connectivity index is 3.74. The average molecular weight is 237 g/mol. The Hall–Kier alpha value is -0.170. The zero-order valence-electron chi connectivity index (χ0n) is 9.91. The fraction of sp³-hybridized carbons (Fsp3) is 1.00. The Kier molecular flexibility index (Phi) is 7.95. The molecular weight excluding hydrogens is 214 g/mol. The zero-order valence-corrected chi connectivity index (χ0v) is 10.7. The van der Waals surface area contributed by atoms with Crippen LogP contribution in [0.5, 0.6) is 0 Å². The molecule has 0 rings (SSSR count). The van der Waals surface area contributed by atoms with Crippen LogP contribution in [0.2, 0.25) is 0 Å². The Morgan fingerprint density at radius 2 is 1.73 bits per heavy atom. The summed E-state index contributed by atoms with van der Waals surface area (Å²) in [5.74, 6) is 0. The minimum atomic E-state index is -3.27. The van der Waals surface area contributed by atoms with Crippen LogP contribution < -0.4 is 10.0 Å². The maximum absolute atomic E-state index is 11.5. The van der Waals surface area contributed by atoms with Gasteiger partial charge in [-0.3, -0.25) is 0 Å². The van der Waals surface area contributed by atoms with Crippen molar-refractivity contribution in [2.75, 3.05) is 33.2 Å². The molecule has 5 nitrogen and oxygen atoms in total. The van der Waals surface area contributed by atoms with Crippen molar-refractivity contribution in [3.8, 4) is 0 Å². The summed E-state index contributed by atoms with van der Waals surface area (Å²) in [6, 6.07) is 0. The molecule has 0 spiro atoms. The number of nitrogens with zero attached hydrogens (tertiary/aromatic N) is 1. The van der Waals surface area contributed by atoms with Gasteiger partial charge in [-0.1, -0.05) is 13.8 Å². The molecule has 0 aromatic heterocycles. The minimum absolute atomic E-state index is 0.441. The second-order valence-electron chi connectivity index (χ2n) is 3.47. The normalized spacial score (nSPS) is 12.3. The molecule has 0 amide bonds. The fourth-order valence-corrected chi connectivity index (χ4v) is 2.12. The molecule has 92 valence electrons. The third-order valence-electron chi connectivity index (χ3n) is 1.96. The van der Waals surface area contributed by atoms with E-state index in [4.69, 9.17) is 0 Å². The Labute approximate surface area is 93.4 Å². The number of hydrogen-bond donors (Lipinski definition) is 2. The van der Waals surface area contributed by atoms with E-state index in [0.29, 0.717) is 19.6 Å². The first-order valence-corrected chi connectivity index (χ1v) is 6.90. The molecule has 0 saturated carbocycles. The molecule has 0 heterocycles. The van der Waals surface area contributed by atoms with E-state index in [1.807, 2.05) is 6.92 Å². The highest BCUT2D eigenvalue weighted by molar-refractivity contribution is 7.87. The van der Waals surface area contributed by atoms with E-state index in [0.717, 1.165) is 19.4 Å². The molecule has 6 heteroatoms. The molecular formula is C9H23N3O2S. The molecule has 0 unspecified atom stereocenters. The minimum Gasteiger partial charge on any atom is -0.315 e. The lowest BCUT2D eigenvalue weighted by molar-refractivity contribution is 0.456. The lowest BCUT2D eigenvalue weighted by Gasteiger charge is -2.16. The molecule has 0 radical (unpaired) electrons. The van der Waals surface area contributed by atoms with Gasteiger partial charge in [0.25, 0.3) is 10.2 Å². The summed E-state index contributed by atoms with van der Waals surface area (Å²) in [7, 11) is -1.68. The molecule has 0 aliphatic rings. The first kappa shape index (κ1) is 14.8. The van der Waals surface area contributed by atoms with E-state index in [9.17, 15) is 8.42 Å². The third kappa shape index (κ3) is 6.83. The summed E-state index contributed by atoms with van der Waals surface area (Å²) in [4.78, 5) is 0. The first-order chi connectivity index (χ1) is 7.04. The van der Waals surface area contributed by atoms with Crippen LogP contribution in [0.3, 0.4) is 0 Å². The van der Waals surface area contributed by atoms with Gasteiger partial charge in [-0.25, -0.2) is 4.72 Å². The van der Waals surface area contributed by atoms with E-state index in [1.165, 1.54) is 4.31 Å².